The molecule has 0 radical (unpaired) electrons. The number of ether oxygens (including phenoxy) is 1. The van der Waals surface area contributed by atoms with Gasteiger partial charge in [0.05, 0.1) is 13.2 Å². The molecular weight excluding hydrogens is 264 g/mol. The first-order valence-electron chi connectivity index (χ1n) is 8.76. The lowest BCUT2D eigenvalue weighted by Gasteiger charge is -2.31. The Labute approximate surface area is 129 Å². The lowest BCUT2D eigenvalue weighted by Crippen LogP contribution is -2.47. The first kappa shape index (κ1) is 16.6. The number of likely N-dealkylation sites (tertiary alicyclic amines) is 1. The minimum atomic E-state index is 0.249. The van der Waals surface area contributed by atoms with Gasteiger partial charge in [0.15, 0.2) is 0 Å². The predicted octanol–water partition coefficient (Wildman–Crippen LogP) is 3.08. The van der Waals surface area contributed by atoms with Gasteiger partial charge in [-0.3, -0.25) is 0 Å². The Morgan fingerprint density at radius 2 is 1.52 bits per heavy atom. The summed E-state index contributed by atoms with van der Waals surface area (Å²) in [5, 5.41) is 0. The summed E-state index contributed by atoms with van der Waals surface area (Å²) in [5.41, 5.74) is 0. The van der Waals surface area contributed by atoms with Crippen molar-refractivity contribution in [2.24, 2.45) is 23.7 Å². The zero-order valence-corrected chi connectivity index (χ0v) is 14.2. The summed E-state index contributed by atoms with van der Waals surface area (Å²) < 4.78 is 5.32. The van der Waals surface area contributed by atoms with Gasteiger partial charge in [0.25, 0.3) is 0 Å². The number of hydrogen-bond acceptors (Lipinski definition) is 2. The molecule has 3 aliphatic rings. The van der Waals surface area contributed by atoms with Gasteiger partial charge in [-0.25, -0.2) is 4.79 Å². The Kier molecular flexibility index (Phi) is 5.91. The molecule has 3 fully saturated rings. The zero-order valence-electron chi connectivity index (χ0n) is 14.2. The van der Waals surface area contributed by atoms with E-state index in [4.69, 9.17) is 4.74 Å². The Morgan fingerprint density at radius 1 is 1.00 bits per heavy atom. The Bertz CT molecular complexity index is 326. The third-order valence-electron chi connectivity index (χ3n) is 5.28. The number of carbonyl (C=O) groups is 1. The number of morpholine rings is 1. The standard InChI is InChI=1S/C15H26N2O2.C2H6/c1-11(2)12-7-13-9-17(10-14(13)8-12)15(18)16-3-5-19-6-4-16;1-2/h11-14H,3-10H2,1-2H3;1-2H3/t12?,13-,14+;. The molecular formula is C17H32N2O2. The van der Waals surface area contributed by atoms with Crippen molar-refractivity contribution in [2.45, 2.75) is 40.5 Å². The van der Waals surface area contributed by atoms with Crippen molar-refractivity contribution < 1.29 is 9.53 Å². The second kappa shape index (κ2) is 7.48. The fraction of sp³-hybridized carbons (Fsp3) is 0.941. The summed E-state index contributed by atoms with van der Waals surface area (Å²) >= 11 is 0. The quantitative estimate of drug-likeness (QED) is 0.745. The molecule has 2 heterocycles. The van der Waals surface area contributed by atoms with Crippen molar-refractivity contribution in [3.8, 4) is 0 Å². The molecule has 0 bridgehead atoms. The van der Waals surface area contributed by atoms with Crippen molar-refractivity contribution in [3.05, 3.63) is 0 Å². The zero-order chi connectivity index (χ0) is 15.4. The topological polar surface area (TPSA) is 32.8 Å². The fourth-order valence-electron chi connectivity index (χ4n) is 4.00. The third-order valence-corrected chi connectivity index (χ3v) is 5.28. The van der Waals surface area contributed by atoms with Crippen molar-refractivity contribution in [1.82, 2.24) is 9.80 Å². The molecule has 3 rings (SSSR count). The van der Waals surface area contributed by atoms with Gasteiger partial charge in [-0.15, -0.1) is 0 Å². The smallest absolute Gasteiger partial charge is 0.320 e. The molecule has 21 heavy (non-hydrogen) atoms. The molecule has 1 unspecified atom stereocenters. The highest BCUT2D eigenvalue weighted by Gasteiger charge is 2.43. The Hall–Kier alpha value is -0.770. The average Bonchev–Trinajstić information content (AvgIpc) is 3.08. The molecule has 0 aromatic heterocycles. The molecule has 2 aliphatic heterocycles. The molecule has 2 amide bonds. The van der Waals surface area contributed by atoms with Crippen LogP contribution in [-0.4, -0.2) is 55.2 Å². The maximum Gasteiger partial charge on any atom is 0.320 e. The van der Waals surface area contributed by atoms with E-state index >= 15 is 0 Å². The summed E-state index contributed by atoms with van der Waals surface area (Å²) in [6.45, 7) is 13.6. The first-order valence-corrected chi connectivity index (χ1v) is 8.76. The number of hydrogen-bond donors (Lipinski definition) is 0. The van der Waals surface area contributed by atoms with Crippen LogP contribution in [0.25, 0.3) is 0 Å². The molecule has 1 aliphatic carbocycles. The SMILES string of the molecule is CC.CC(C)C1C[C@@H]2CN(C(=O)N3CCOCC3)C[C@@H]2C1. The van der Waals surface area contributed by atoms with Gasteiger partial charge in [0.2, 0.25) is 0 Å². The number of urea groups is 1. The summed E-state index contributed by atoms with van der Waals surface area (Å²) in [6.07, 6.45) is 2.66. The van der Waals surface area contributed by atoms with Crippen LogP contribution in [0.2, 0.25) is 0 Å². The fourth-order valence-corrected chi connectivity index (χ4v) is 4.00. The van der Waals surface area contributed by atoms with E-state index in [9.17, 15) is 4.79 Å². The second-order valence-corrected chi connectivity index (χ2v) is 6.78. The summed E-state index contributed by atoms with van der Waals surface area (Å²) in [7, 11) is 0. The number of rotatable bonds is 1. The normalized spacial score (nSPS) is 32.0. The van der Waals surface area contributed by atoms with E-state index in [0.29, 0.717) is 13.2 Å². The molecule has 1 saturated carbocycles. The highest BCUT2D eigenvalue weighted by atomic mass is 16.5. The van der Waals surface area contributed by atoms with Crippen LogP contribution in [-0.2, 0) is 4.74 Å². The summed E-state index contributed by atoms with van der Waals surface area (Å²) in [4.78, 5) is 16.5. The van der Waals surface area contributed by atoms with Crippen LogP contribution in [0, 0.1) is 23.7 Å². The van der Waals surface area contributed by atoms with E-state index in [1.54, 1.807) is 0 Å². The summed E-state index contributed by atoms with van der Waals surface area (Å²) in [6, 6.07) is 0.249. The molecule has 0 spiro atoms. The Balaban J connectivity index is 0.000000774. The van der Waals surface area contributed by atoms with Crippen LogP contribution in [0.4, 0.5) is 4.79 Å². The Morgan fingerprint density at radius 3 is 2.00 bits per heavy atom. The van der Waals surface area contributed by atoms with Gasteiger partial charge in [-0.2, -0.15) is 0 Å². The minimum Gasteiger partial charge on any atom is -0.378 e. The number of nitrogens with zero attached hydrogens (tertiary/aromatic N) is 2. The second-order valence-electron chi connectivity index (χ2n) is 6.78. The van der Waals surface area contributed by atoms with Gasteiger partial charge in [0.1, 0.15) is 0 Å². The molecule has 4 nitrogen and oxygen atoms in total. The highest BCUT2D eigenvalue weighted by molar-refractivity contribution is 5.75. The minimum absolute atomic E-state index is 0.249. The lowest BCUT2D eigenvalue weighted by atomic mass is 9.93. The van der Waals surface area contributed by atoms with E-state index < -0.39 is 0 Å². The maximum atomic E-state index is 12.4. The lowest BCUT2D eigenvalue weighted by molar-refractivity contribution is 0.0444. The van der Waals surface area contributed by atoms with Crippen LogP contribution >= 0.6 is 0 Å². The van der Waals surface area contributed by atoms with Gasteiger partial charge in [0, 0.05) is 26.2 Å². The molecule has 0 aromatic rings. The van der Waals surface area contributed by atoms with E-state index in [-0.39, 0.29) is 6.03 Å². The van der Waals surface area contributed by atoms with E-state index in [2.05, 4.69) is 18.7 Å². The van der Waals surface area contributed by atoms with Crippen LogP contribution in [0.15, 0.2) is 0 Å². The van der Waals surface area contributed by atoms with Crippen molar-refractivity contribution in [3.63, 3.8) is 0 Å². The summed E-state index contributed by atoms with van der Waals surface area (Å²) in [5.74, 6) is 3.21. The highest BCUT2D eigenvalue weighted by Crippen LogP contribution is 2.44. The van der Waals surface area contributed by atoms with E-state index in [1.807, 2.05) is 18.7 Å². The molecule has 4 heteroatoms. The molecule has 0 aromatic carbocycles. The van der Waals surface area contributed by atoms with Crippen molar-refractivity contribution in [2.75, 3.05) is 39.4 Å². The number of fused-ring (bicyclic) bond motifs is 1. The van der Waals surface area contributed by atoms with Gasteiger partial charge in [-0.1, -0.05) is 27.7 Å². The molecule has 2 saturated heterocycles. The number of carbonyl (C=O) groups excluding carboxylic acids is 1. The van der Waals surface area contributed by atoms with E-state index in [0.717, 1.165) is 49.9 Å². The van der Waals surface area contributed by atoms with Crippen molar-refractivity contribution in [1.29, 1.82) is 0 Å². The van der Waals surface area contributed by atoms with E-state index in [1.165, 1.54) is 12.8 Å². The van der Waals surface area contributed by atoms with Crippen LogP contribution in [0.1, 0.15) is 40.5 Å². The third kappa shape index (κ3) is 3.71. The average molecular weight is 296 g/mol. The molecule has 3 atom stereocenters. The largest absolute Gasteiger partial charge is 0.378 e. The van der Waals surface area contributed by atoms with Crippen molar-refractivity contribution >= 4 is 6.03 Å². The van der Waals surface area contributed by atoms with Crippen LogP contribution in [0.3, 0.4) is 0 Å². The first-order chi connectivity index (χ1) is 10.1. The predicted molar refractivity (Wildman–Crippen MR) is 85.3 cm³/mol. The monoisotopic (exact) mass is 296 g/mol. The maximum absolute atomic E-state index is 12.4. The van der Waals surface area contributed by atoms with Gasteiger partial charge in [-0.05, 0) is 36.5 Å². The van der Waals surface area contributed by atoms with Gasteiger partial charge < -0.3 is 14.5 Å². The van der Waals surface area contributed by atoms with Crippen LogP contribution in [0.5, 0.6) is 0 Å². The van der Waals surface area contributed by atoms with Gasteiger partial charge >= 0.3 is 6.03 Å². The molecule has 122 valence electrons. The van der Waals surface area contributed by atoms with Crippen LogP contribution < -0.4 is 0 Å². The number of amides is 2. The molecule has 0 N–H and O–H groups in total.